The van der Waals surface area contributed by atoms with Gasteiger partial charge in [0.15, 0.2) is 33.3 Å². The molecule has 0 radical (unpaired) electrons. The van der Waals surface area contributed by atoms with E-state index in [-0.39, 0.29) is 24.4 Å². The van der Waals surface area contributed by atoms with Gasteiger partial charge in [0.1, 0.15) is 12.2 Å². The average Bonchev–Trinajstić information content (AvgIpc) is 2.47. The highest BCUT2D eigenvalue weighted by Gasteiger charge is 2.43. The Morgan fingerprint density at radius 1 is 0.500 bits per heavy atom. The van der Waals surface area contributed by atoms with Crippen LogP contribution in [0.2, 0.25) is 78.6 Å². The predicted molar refractivity (Wildman–Crippen MR) is 137 cm³/mol. The average molecular weight is 499 g/mol. The van der Waals surface area contributed by atoms with Crippen molar-refractivity contribution in [3.05, 3.63) is 0 Å². The minimum absolute atomic E-state index is 0.223. The second-order valence-electron chi connectivity index (χ2n) is 11.8. The van der Waals surface area contributed by atoms with Crippen molar-refractivity contribution >= 4 is 33.3 Å². The number of hydrogen-bond donors (Lipinski definition) is 0. The highest BCUT2D eigenvalue weighted by molar-refractivity contribution is 6.71. The van der Waals surface area contributed by atoms with E-state index in [1.165, 1.54) is 0 Å². The summed E-state index contributed by atoms with van der Waals surface area (Å²) in [6.07, 6.45) is -1.05. The fourth-order valence-corrected chi connectivity index (χ4v) is 7.04. The molecular formula is C20H50O6Si4. The van der Waals surface area contributed by atoms with E-state index < -0.39 is 33.3 Å². The first-order valence-electron chi connectivity index (χ1n) is 11.0. The SMILES string of the molecule is COC[C@H](O[Si](C)(C)C)[C@@H](O[Si](C)(C)C)[C@H](OC)[C@@H](CO[Si](C)(C)C)O[Si](C)(C)C. The van der Waals surface area contributed by atoms with Crippen molar-refractivity contribution in [1.29, 1.82) is 0 Å². The van der Waals surface area contributed by atoms with Gasteiger partial charge in [-0.2, -0.15) is 0 Å². The van der Waals surface area contributed by atoms with Gasteiger partial charge in [-0.3, -0.25) is 0 Å². The van der Waals surface area contributed by atoms with E-state index in [4.69, 9.17) is 27.2 Å². The van der Waals surface area contributed by atoms with Crippen molar-refractivity contribution in [2.24, 2.45) is 0 Å². The molecule has 0 aromatic heterocycles. The van der Waals surface area contributed by atoms with Crippen LogP contribution in [0.15, 0.2) is 0 Å². The highest BCUT2D eigenvalue weighted by Crippen LogP contribution is 2.26. The zero-order valence-corrected chi connectivity index (χ0v) is 26.2. The van der Waals surface area contributed by atoms with Gasteiger partial charge in [-0.05, 0) is 78.6 Å². The summed E-state index contributed by atoms with van der Waals surface area (Å²) < 4.78 is 37.8. The van der Waals surface area contributed by atoms with Gasteiger partial charge >= 0.3 is 0 Å². The van der Waals surface area contributed by atoms with Crippen molar-refractivity contribution in [3.63, 3.8) is 0 Å². The maximum Gasteiger partial charge on any atom is 0.184 e. The molecule has 0 spiro atoms. The number of ether oxygens (including phenoxy) is 2. The third kappa shape index (κ3) is 14.6. The Bertz CT molecular complexity index is 480. The van der Waals surface area contributed by atoms with Crippen LogP contribution in [0.25, 0.3) is 0 Å². The Hall–Kier alpha value is 0.628. The van der Waals surface area contributed by atoms with E-state index in [0.717, 1.165) is 0 Å². The normalized spacial score (nSPS) is 18.2. The Labute approximate surface area is 190 Å². The third-order valence-electron chi connectivity index (χ3n) is 3.84. The minimum atomic E-state index is -1.91. The first-order chi connectivity index (χ1) is 13.3. The summed E-state index contributed by atoms with van der Waals surface area (Å²) in [7, 11) is -3.88. The van der Waals surface area contributed by atoms with Crippen LogP contribution in [0.4, 0.5) is 0 Å². The first kappa shape index (κ1) is 30.6. The van der Waals surface area contributed by atoms with Crippen molar-refractivity contribution in [1.82, 2.24) is 0 Å². The second-order valence-corrected chi connectivity index (χ2v) is 29.7. The van der Waals surface area contributed by atoms with E-state index in [1.54, 1.807) is 14.2 Å². The summed E-state index contributed by atoms with van der Waals surface area (Å²) in [5, 5.41) is 0. The Morgan fingerprint density at radius 2 is 0.900 bits per heavy atom. The molecule has 182 valence electrons. The Kier molecular flexibility index (Phi) is 12.4. The van der Waals surface area contributed by atoms with Gasteiger partial charge in [0.2, 0.25) is 0 Å². The van der Waals surface area contributed by atoms with Crippen molar-refractivity contribution in [3.8, 4) is 0 Å². The van der Waals surface area contributed by atoms with Gasteiger partial charge in [-0.1, -0.05) is 0 Å². The Morgan fingerprint density at radius 3 is 1.20 bits per heavy atom. The molecule has 0 aromatic carbocycles. The molecule has 0 aliphatic carbocycles. The molecule has 0 fully saturated rings. The molecule has 10 heteroatoms. The smallest absolute Gasteiger partial charge is 0.184 e. The quantitative estimate of drug-likeness (QED) is 0.291. The maximum atomic E-state index is 6.70. The van der Waals surface area contributed by atoms with E-state index >= 15 is 0 Å². The van der Waals surface area contributed by atoms with E-state index in [2.05, 4.69) is 78.6 Å². The second kappa shape index (κ2) is 12.2. The number of methoxy groups -OCH3 is 2. The lowest BCUT2D eigenvalue weighted by molar-refractivity contribution is -0.122. The topological polar surface area (TPSA) is 55.4 Å². The molecule has 0 aliphatic heterocycles. The van der Waals surface area contributed by atoms with Crippen LogP contribution >= 0.6 is 0 Å². The molecular weight excluding hydrogens is 449 g/mol. The molecule has 0 saturated heterocycles. The summed E-state index contributed by atoms with van der Waals surface area (Å²) >= 11 is 0. The first-order valence-corrected chi connectivity index (χ1v) is 24.6. The van der Waals surface area contributed by atoms with E-state index in [0.29, 0.717) is 13.2 Å². The summed E-state index contributed by atoms with van der Waals surface area (Å²) in [6.45, 7) is 27.3. The molecule has 0 heterocycles. The number of hydrogen-bond acceptors (Lipinski definition) is 6. The van der Waals surface area contributed by atoms with Crippen molar-refractivity contribution in [2.75, 3.05) is 27.4 Å². The van der Waals surface area contributed by atoms with Gasteiger partial charge in [-0.25, -0.2) is 0 Å². The van der Waals surface area contributed by atoms with Gasteiger partial charge in [-0.15, -0.1) is 0 Å². The largest absolute Gasteiger partial charge is 0.415 e. The molecule has 30 heavy (non-hydrogen) atoms. The van der Waals surface area contributed by atoms with Crippen LogP contribution in [0.5, 0.6) is 0 Å². The van der Waals surface area contributed by atoms with E-state index in [1.807, 2.05) is 0 Å². The molecule has 0 amide bonds. The van der Waals surface area contributed by atoms with Crippen molar-refractivity contribution in [2.45, 2.75) is 103 Å². The fraction of sp³-hybridized carbons (Fsp3) is 1.00. The van der Waals surface area contributed by atoms with Crippen LogP contribution in [0.3, 0.4) is 0 Å². The lowest BCUT2D eigenvalue weighted by Crippen LogP contribution is -2.58. The van der Waals surface area contributed by atoms with Gasteiger partial charge in [0.05, 0.1) is 25.4 Å². The summed E-state index contributed by atoms with van der Waals surface area (Å²) in [5.41, 5.74) is 0. The van der Waals surface area contributed by atoms with Gasteiger partial charge in [0, 0.05) is 14.2 Å². The summed E-state index contributed by atoms with van der Waals surface area (Å²) in [4.78, 5) is 0. The minimum Gasteiger partial charge on any atom is -0.415 e. The van der Waals surface area contributed by atoms with Crippen LogP contribution in [-0.2, 0) is 27.2 Å². The third-order valence-corrected chi connectivity index (χ3v) is 7.87. The van der Waals surface area contributed by atoms with Gasteiger partial charge in [0.25, 0.3) is 0 Å². The zero-order chi connectivity index (χ0) is 24.0. The van der Waals surface area contributed by atoms with Crippen molar-refractivity contribution < 1.29 is 27.2 Å². The van der Waals surface area contributed by atoms with Crippen LogP contribution in [0.1, 0.15) is 0 Å². The number of rotatable bonds is 15. The molecule has 4 atom stereocenters. The molecule has 0 saturated carbocycles. The predicted octanol–water partition coefficient (Wildman–Crippen LogP) is 5.16. The standard InChI is InChI=1S/C20H50O6Si4/c1-21-15-17(24-28(6,7)8)20(26-30(12,13)14)19(22-2)18(25-29(9,10)11)16-23-27(3,4)5/h17-20H,15-16H2,1-14H3/t17-,18+,19+,20+/m0/s1. The molecule has 0 unspecified atom stereocenters. The molecule has 0 bridgehead atoms. The van der Waals surface area contributed by atoms with Gasteiger partial charge < -0.3 is 27.2 Å². The lowest BCUT2D eigenvalue weighted by atomic mass is 10.0. The highest BCUT2D eigenvalue weighted by atomic mass is 28.4. The molecule has 0 aromatic rings. The Balaban J connectivity index is 6.11. The van der Waals surface area contributed by atoms with Crippen LogP contribution in [-0.4, -0.2) is 85.1 Å². The van der Waals surface area contributed by atoms with E-state index in [9.17, 15) is 0 Å². The summed E-state index contributed by atoms with van der Waals surface area (Å²) in [5.74, 6) is 0. The monoisotopic (exact) mass is 498 g/mol. The van der Waals surface area contributed by atoms with Crippen LogP contribution < -0.4 is 0 Å². The molecule has 0 N–H and O–H groups in total. The van der Waals surface area contributed by atoms with Crippen LogP contribution in [0, 0.1) is 0 Å². The molecule has 6 nitrogen and oxygen atoms in total. The maximum absolute atomic E-state index is 6.70. The zero-order valence-electron chi connectivity index (χ0n) is 22.2. The summed E-state index contributed by atoms with van der Waals surface area (Å²) in [6, 6.07) is 0. The fourth-order valence-electron chi connectivity index (χ4n) is 3.06. The lowest BCUT2D eigenvalue weighted by Gasteiger charge is -2.43. The molecule has 0 rings (SSSR count). The molecule has 0 aliphatic rings.